The zero-order chi connectivity index (χ0) is 10.7. The van der Waals surface area contributed by atoms with E-state index in [9.17, 15) is 0 Å². The molecule has 3 heteroatoms. The van der Waals surface area contributed by atoms with Crippen molar-refractivity contribution in [3.05, 3.63) is 0 Å². The molecule has 0 aromatic rings. The molecule has 0 aliphatic heterocycles. The third-order valence-corrected chi connectivity index (χ3v) is 10.6. The maximum Gasteiger partial charge on any atom is 0.146 e. The average Bonchev–Trinajstić information content (AvgIpc) is 2.01. The molecule has 0 heterocycles. The van der Waals surface area contributed by atoms with Gasteiger partial charge in [-0.15, -0.1) is 11.6 Å². The standard InChI is InChI=1S/C10H24ClNSi/c1-7-9(11)13(6,12-8-2)10(3,4)5/h9,12H,7-8H2,1-6H3. The zero-order valence-electron chi connectivity index (χ0n) is 9.87. The van der Waals surface area contributed by atoms with Gasteiger partial charge in [0.05, 0.1) is 0 Å². The first kappa shape index (κ1) is 13.5. The summed E-state index contributed by atoms with van der Waals surface area (Å²) >= 11 is 6.44. The highest BCUT2D eigenvalue weighted by Crippen LogP contribution is 2.38. The minimum absolute atomic E-state index is 0.325. The molecule has 0 bridgehead atoms. The van der Waals surface area contributed by atoms with Crippen LogP contribution in [0.5, 0.6) is 0 Å². The van der Waals surface area contributed by atoms with Crippen LogP contribution in [0.1, 0.15) is 41.0 Å². The van der Waals surface area contributed by atoms with Crippen LogP contribution in [0, 0.1) is 0 Å². The van der Waals surface area contributed by atoms with Gasteiger partial charge in [0.1, 0.15) is 8.24 Å². The minimum atomic E-state index is -1.54. The Bertz CT molecular complexity index is 155. The van der Waals surface area contributed by atoms with E-state index in [1.807, 2.05) is 0 Å². The van der Waals surface area contributed by atoms with E-state index in [4.69, 9.17) is 11.6 Å². The van der Waals surface area contributed by atoms with Gasteiger partial charge in [-0.25, -0.2) is 0 Å². The van der Waals surface area contributed by atoms with Crippen LogP contribution in [-0.4, -0.2) is 19.8 Å². The van der Waals surface area contributed by atoms with Gasteiger partial charge in [0, 0.05) is 5.00 Å². The summed E-state index contributed by atoms with van der Waals surface area (Å²) in [7, 11) is -1.54. The summed E-state index contributed by atoms with van der Waals surface area (Å²) in [6.45, 7) is 14.6. The molecule has 80 valence electrons. The highest BCUT2D eigenvalue weighted by atomic mass is 35.5. The fraction of sp³-hybridized carbons (Fsp3) is 1.00. The SMILES string of the molecule is CCN[Si](C)(C(Cl)CC)C(C)(C)C. The Hall–Kier alpha value is 0.467. The highest BCUT2D eigenvalue weighted by Gasteiger charge is 2.44. The molecule has 2 atom stereocenters. The van der Waals surface area contributed by atoms with Crippen molar-refractivity contribution in [1.29, 1.82) is 0 Å². The number of halogens is 1. The Morgan fingerprint density at radius 3 is 2.00 bits per heavy atom. The van der Waals surface area contributed by atoms with Gasteiger partial charge in [-0.1, -0.05) is 41.2 Å². The van der Waals surface area contributed by atoms with E-state index in [0.717, 1.165) is 13.0 Å². The van der Waals surface area contributed by atoms with Crippen molar-refractivity contribution in [2.75, 3.05) is 6.54 Å². The molecular formula is C10H24ClNSi. The second-order valence-corrected chi connectivity index (χ2v) is 10.7. The van der Waals surface area contributed by atoms with Crippen LogP contribution in [0.2, 0.25) is 11.6 Å². The normalized spacial score (nSPS) is 19.6. The van der Waals surface area contributed by atoms with Gasteiger partial charge in [-0.05, 0) is 18.0 Å². The molecule has 0 fully saturated rings. The Morgan fingerprint density at radius 1 is 1.31 bits per heavy atom. The summed E-state index contributed by atoms with van der Waals surface area (Å²) < 4.78 is 0. The van der Waals surface area contributed by atoms with Gasteiger partial charge in [0.25, 0.3) is 0 Å². The number of rotatable bonds is 4. The van der Waals surface area contributed by atoms with E-state index in [2.05, 4.69) is 46.1 Å². The number of nitrogens with one attached hydrogen (secondary N) is 1. The summed E-state index contributed by atoms with van der Waals surface area (Å²) in [5, 5.41) is 0.651. The van der Waals surface area contributed by atoms with E-state index < -0.39 is 8.24 Å². The van der Waals surface area contributed by atoms with Crippen LogP contribution < -0.4 is 4.98 Å². The first-order valence-corrected chi connectivity index (χ1v) is 8.20. The third kappa shape index (κ3) is 2.96. The quantitative estimate of drug-likeness (QED) is 0.566. The molecule has 0 radical (unpaired) electrons. The first-order valence-electron chi connectivity index (χ1n) is 5.18. The fourth-order valence-electron chi connectivity index (χ4n) is 1.62. The van der Waals surface area contributed by atoms with Crippen molar-refractivity contribution < 1.29 is 0 Å². The van der Waals surface area contributed by atoms with Gasteiger partial charge in [0.15, 0.2) is 0 Å². The maximum atomic E-state index is 6.44. The summed E-state index contributed by atoms with van der Waals surface area (Å²) in [4.78, 5) is 3.66. The second kappa shape index (κ2) is 4.81. The molecular weight excluding hydrogens is 198 g/mol. The van der Waals surface area contributed by atoms with Crippen LogP contribution in [0.15, 0.2) is 0 Å². The number of hydrogen-bond donors (Lipinski definition) is 1. The molecule has 0 saturated heterocycles. The Kier molecular flexibility index (Phi) is 4.98. The Labute approximate surface area is 89.3 Å². The lowest BCUT2D eigenvalue weighted by Crippen LogP contribution is -2.61. The zero-order valence-corrected chi connectivity index (χ0v) is 11.6. The molecule has 1 nitrogen and oxygen atoms in total. The van der Waals surface area contributed by atoms with E-state index in [1.54, 1.807) is 0 Å². The third-order valence-electron chi connectivity index (χ3n) is 3.09. The van der Waals surface area contributed by atoms with Crippen molar-refractivity contribution in [1.82, 2.24) is 4.98 Å². The second-order valence-electron chi connectivity index (χ2n) is 4.86. The lowest BCUT2D eigenvalue weighted by atomic mass is 10.2. The van der Waals surface area contributed by atoms with E-state index in [1.165, 1.54) is 0 Å². The lowest BCUT2D eigenvalue weighted by Gasteiger charge is -2.43. The van der Waals surface area contributed by atoms with Gasteiger partial charge < -0.3 is 4.98 Å². The monoisotopic (exact) mass is 221 g/mol. The molecule has 13 heavy (non-hydrogen) atoms. The van der Waals surface area contributed by atoms with Crippen molar-refractivity contribution >= 4 is 19.8 Å². The van der Waals surface area contributed by atoms with Crippen molar-refractivity contribution in [3.63, 3.8) is 0 Å². The number of hydrogen-bond acceptors (Lipinski definition) is 1. The molecule has 0 aliphatic rings. The van der Waals surface area contributed by atoms with Gasteiger partial charge in [-0.3, -0.25) is 0 Å². The Balaban J connectivity index is 4.72. The smallest absolute Gasteiger partial charge is 0.146 e. The van der Waals surface area contributed by atoms with Crippen LogP contribution in [0.4, 0.5) is 0 Å². The largest absolute Gasteiger partial charge is 0.336 e. The van der Waals surface area contributed by atoms with Crippen molar-refractivity contribution in [2.45, 2.75) is 57.6 Å². The molecule has 2 unspecified atom stereocenters. The van der Waals surface area contributed by atoms with Crippen molar-refractivity contribution in [2.24, 2.45) is 0 Å². The molecule has 0 amide bonds. The first-order chi connectivity index (χ1) is 5.79. The molecule has 0 aromatic carbocycles. The molecule has 0 aromatic heterocycles. The van der Waals surface area contributed by atoms with E-state index >= 15 is 0 Å². The van der Waals surface area contributed by atoms with Crippen LogP contribution in [0.3, 0.4) is 0 Å². The molecule has 0 aliphatic carbocycles. The predicted molar refractivity (Wildman–Crippen MR) is 64.9 cm³/mol. The van der Waals surface area contributed by atoms with Crippen LogP contribution in [-0.2, 0) is 0 Å². The van der Waals surface area contributed by atoms with Crippen molar-refractivity contribution in [3.8, 4) is 0 Å². The lowest BCUT2D eigenvalue weighted by molar-refractivity contribution is 0.666. The van der Waals surface area contributed by atoms with Crippen LogP contribution in [0.25, 0.3) is 0 Å². The summed E-state index contributed by atoms with van der Waals surface area (Å²) in [6, 6.07) is 0. The average molecular weight is 222 g/mol. The van der Waals surface area contributed by atoms with Gasteiger partial charge in [0.2, 0.25) is 0 Å². The minimum Gasteiger partial charge on any atom is -0.336 e. The maximum absolute atomic E-state index is 6.44. The number of alkyl halides is 1. The summed E-state index contributed by atoms with van der Waals surface area (Å²) in [5.41, 5.74) is 0. The fourth-order valence-corrected chi connectivity index (χ4v) is 6.08. The van der Waals surface area contributed by atoms with Gasteiger partial charge >= 0.3 is 0 Å². The Morgan fingerprint density at radius 2 is 1.77 bits per heavy atom. The topological polar surface area (TPSA) is 12.0 Å². The summed E-state index contributed by atoms with van der Waals surface area (Å²) in [6.07, 6.45) is 1.06. The van der Waals surface area contributed by atoms with Crippen LogP contribution >= 0.6 is 11.6 Å². The predicted octanol–water partition coefficient (Wildman–Crippen LogP) is 3.53. The van der Waals surface area contributed by atoms with E-state index in [0.29, 0.717) is 10.0 Å². The van der Waals surface area contributed by atoms with Gasteiger partial charge in [-0.2, -0.15) is 0 Å². The molecule has 0 saturated carbocycles. The molecule has 0 spiro atoms. The summed E-state index contributed by atoms with van der Waals surface area (Å²) in [5.74, 6) is 0. The highest BCUT2D eigenvalue weighted by molar-refractivity contribution is 6.86. The molecule has 0 rings (SSSR count). The molecule has 1 N–H and O–H groups in total. The van der Waals surface area contributed by atoms with E-state index in [-0.39, 0.29) is 0 Å².